The van der Waals surface area contributed by atoms with E-state index in [1.165, 1.54) is 11.8 Å². The standard InChI is InChI=1S/C12H16N4O2S2/c1-3-10-14-15-12(20-7-11(17)18)16(10)5-4-9-6-19-8(2)13-9/h6H,3-5,7H2,1-2H3,(H,17,18). The van der Waals surface area contributed by atoms with Crippen molar-refractivity contribution in [3.05, 3.63) is 21.9 Å². The summed E-state index contributed by atoms with van der Waals surface area (Å²) in [4.78, 5) is 15.1. The Labute approximate surface area is 125 Å². The van der Waals surface area contributed by atoms with Crippen LogP contribution < -0.4 is 0 Å². The van der Waals surface area contributed by atoms with E-state index in [1.807, 2.05) is 18.4 Å². The van der Waals surface area contributed by atoms with Gasteiger partial charge in [-0.2, -0.15) is 0 Å². The largest absolute Gasteiger partial charge is 0.481 e. The number of carboxylic acid groups (broad SMARTS) is 1. The third-order valence-corrected chi connectivity index (χ3v) is 4.47. The highest BCUT2D eigenvalue weighted by Gasteiger charge is 2.13. The van der Waals surface area contributed by atoms with Gasteiger partial charge in [0.25, 0.3) is 0 Å². The quantitative estimate of drug-likeness (QED) is 0.788. The third kappa shape index (κ3) is 3.80. The molecule has 2 aromatic heterocycles. The van der Waals surface area contributed by atoms with E-state index >= 15 is 0 Å². The summed E-state index contributed by atoms with van der Waals surface area (Å²) in [5.74, 6) is 0.0278. The summed E-state index contributed by atoms with van der Waals surface area (Å²) in [6, 6.07) is 0. The molecule has 0 bridgehead atoms. The number of nitrogens with zero attached hydrogens (tertiary/aromatic N) is 4. The van der Waals surface area contributed by atoms with Crippen LogP contribution in [0.25, 0.3) is 0 Å². The number of hydrogen-bond acceptors (Lipinski definition) is 6. The van der Waals surface area contributed by atoms with Crippen LogP contribution >= 0.6 is 23.1 Å². The van der Waals surface area contributed by atoms with E-state index in [0.717, 1.165) is 35.9 Å². The number of aliphatic carboxylic acids is 1. The van der Waals surface area contributed by atoms with E-state index < -0.39 is 5.97 Å². The number of hydrogen-bond donors (Lipinski definition) is 1. The molecule has 0 amide bonds. The zero-order chi connectivity index (χ0) is 14.5. The van der Waals surface area contributed by atoms with Crippen molar-refractivity contribution in [2.75, 3.05) is 5.75 Å². The lowest BCUT2D eigenvalue weighted by Gasteiger charge is -2.07. The van der Waals surface area contributed by atoms with E-state index in [4.69, 9.17) is 5.11 Å². The van der Waals surface area contributed by atoms with Crippen LogP contribution in [0.5, 0.6) is 0 Å². The zero-order valence-electron chi connectivity index (χ0n) is 11.4. The van der Waals surface area contributed by atoms with Crippen LogP contribution in [0.2, 0.25) is 0 Å². The van der Waals surface area contributed by atoms with Crippen molar-refractivity contribution in [3.63, 3.8) is 0 Å². The third-order valence-electron chi connectivity index (χ3n) is 2.69. The second-order valence-corrected chi connectivity index (χ2v) is 6.20. The van der Waals surface area contributed by atoms with E-state index in [1.54, 1.807) is 11.3 Å². The Morgan fingerprint density at radius 1 is 1.50 bits per heavy atom. The Kier molecular flexibility index (Phi) is 5.13. The molecule has 0 aliphatic heterocycles. The molecule has 0 aliphatic carbocycles. The summed E-state index contributed by atoms with van der Waals surface area (Å²) in [6.45, 7) is 4.72. The van der Waals surface area contributed by atoms with Crippen LogP contribution in [0.3, 0.4) is 0 Å². The molecule has 2 heterocycles. The maximum atomic E-state index is 10.7. The average Bonchev–Trinajstić information content (AvgIpc) is 2.99. The molecule has 2 rings (SSSR count). The van der Waals surface area contributed by atoms with Gasteiger partial charge in [-0.3, -0.25) is 4.79 Å². The van der Waals surface area contributed by atoms with Gasteiger partial charge in [-0.05, 0) is 6.92 Å². The minimum absolute atomic E-state index is 0.00232. The highest BCUT2D eigenvalue weighted by atomic mass is 32.2. The summed E-state index contributed by atoms with van der Waals surface area (Å²) >= 11 is 2.84. The minimum Gasteiger partial charge on any atom is -0.481 e. The minimum atomic E-state index is -0.849. The van der Waals surface area contributed by atoms with Crippen LogP contribution in [0.1, 0.15) is 23.4 Å². The molecule has 0 spiro atoms. The summed E-state index contributed by atoms with van der Waals surface area (Å²) < 4.78 is 1.99. The summed E-state index contributed by atoms with van der Waals surface area (Å²) in [5.41, 5.74) is 1.05. The molecule has 0 fully saturated rings. The zero-order valence-corrected chi connectivity index (χ0v) is 13.0. The Morgan fingerprint density at radius 3 is 2.90 bits per heavy atom. The number of carboxylic acids is 1. The van der Waals surface area contributed by atoms with Crippen LogP contribution in [0.4, 0.5) is 0 Å². The van der Waals surface area contributed by atoms with Gasteiger partial charge in [0, 0.05) is 24.8 Å². The van der Waals surface area contributed by atoms with Gasteiger partial charge < -0.3 is 9.67 Å². The molecule has 2 aromatic rings. The molecule has 0 atom stereocenters. The van der Waals surface area contributed by atoms with E-state index in [9.17, 15) is 4.79 Å². The van der Waals surface area contributed by atoms with E-state index in [2.05, 4.69) is 20.6 Å². The van der Waals surface area contributed by atoms with Crippen molar-refractivity contribution < 1.29 is 9.90 Å². The molecule has 1 N–H and O–H groups in total. The fraction of sp³-hybridized carbons (Fsp3) is 0.500. The predicted octanol–water partition coefficient (Wildman–Crippen LogP) is 2.02. The Balaban J connectivity index is 2.07. The molecule has 0 unspecified atom stereocenters. The van der Waals surface area contributed by atoms with Gasteiger partial charge in [0.05, 0.1) is 16.5 Å². The van der Waals surface area contributed by atoms with Gasteiger partial charge >= 0.3 is 5.97 Å². The Morgan fingerprint density at radius 2 is 2.30 bits per heavy atom. The number of thiazole rings is 1. The molecule has 0 radical (unpaired) electrons. The second kappa shape index (κ2) is 6.85. The molecular weight excluding hydrogens is 296 g/mol. The topological polar surface area (TPSA) is 80.9 Å². The lowest BCUT2D eigenvalue weighted by Crippen LogP contribution is -2.08. The summed E-state index contributed by atoms with van der Waals surface area (Å²) in [7, 11) is 0. The van der Waals surface area contributed by atoms with Crippen molar-refractivity contribution in [3.8, 4) is 0 Å². The van der Waals surface area contributed by atoms with Crippen LogP contribution in [-0.4, -0.2) is 36.6 Å². The van der Waals surface area contributed by atoms with Gasteiger partial charge in [0.15, 0.2) is 5.16 Å². The normalized spacial score (nSPS) is 10.9. The van der Waals surface area contributed by atoms with E-state index in [-0.39, 0.29) is 5.75 Å². The highest BCUT2D eigenvalue weighted by molar-refractivity contribution is 7.99. The first kappa shape index (κ1) is 15.0. The van der Waals surface area contributed by atoms with Gasteiger partial charge in [0.1, 0.15) is 5.82 Å². The first-order valence-corrected chi connectivity index (χ1v) is 8.14. The number of thioether (sulfide) groups is 1. The predicted molar refractivity (Wildman–Crippen MR) is 78.3 cm³/mol. The van der Waals surface area contributed by atoms with Gasteiger partial charge in [-0.25, -0.2) is 4.98 Å². The second-order valence-electron chi connectivity index (χ2n) is 4.19. The molecule has 108 valence electrons. The van der Waals surface area contributed by atoms with Crippen LogP contribution in [-0.2, 0) is 24.2 Å². The number of aromatic nitrogens is 4. The molecule has 6 nitrogen and oxygen atoms in total. The highest BCUT2D eigenvalue weighted by Crippen LogP contribution is 2.18. The maximum Gasteiger partial charge on any atom is 0.313 e. The van der Waals surface area contributed by atoms with Crippen molar-refractivity contribution >= 4 is 29.1 Å². The first-order chi connectivity index (χ1) is 9.60. The number of aryl methyl sites for hydroxylation is 3. The summed E-state index contributed by atoms with van der Waals surface area (Å²) in [6.07, 6.45) is 1.58. The number of carbonyl (C=O) groups is 1. The maximum absolute atomic E-state index is 10.7. The van der Waals surface area contributed by atoms with E-state index in [0.29, 0.717) is 5.16 Å². The Bertz CT molecular complexity index is 594. The molecule has 0 aromatic carbocycles. The lowest BCUT2D eigenvalue weighted by molar-refractivity contribution is -0.133. The average molecular weight is 312 g/mol. The molecule has 0 saturated carbocycles. The van der Waals surface area contributed by atoms with Crippen LogP contribution in [0.15, 0.2) is 10.5 Å². The molecular formula is C12H16N4O2S2. The number of rotatable bonds is 7. The summed E-state index contributed by atoms with van der Waals surface area (Å²) in [5, 5.41) is 20.7. The fourth-order valence-corrected chi connectivity index (χ4v) is 3.14. The van der Waals surface area contributed by atoms with Gasteiger partial charge in [-0.1, -0.05) is 18.7 Å². The van der Waals surface area contributed by atoms with Crippen LogP contribution in [0, 0.1) is 6.92 Å². The van der Waals surface area contributed by atoms with Gasteiger partial charge in [0.2, 0.25) is 0 Å². The molecule has 0 aliphatic rings. The lowest BCUT2D eigenvalue weighted by atomic mass is 10.3. The van der Waals surface area contributed by atoms with Gasteiger partial charge in [-0.15, -0.1) is 21.5 Å². The SMILES string of the molecule is CCc1nnc(SCC(=O)O)n1CCc1csc(C)n1. The Hall–Kier alpha value is -1.41. The van der Waals surface area contributed by atoms with Crippen molar-refractivity contribution in [1.29, 1.82) is 0 Å². The fourth-order valence-electron chi connectivity index (χ4n) is 1.79. The van der Waals surface area contributed by atoms with Crippen molar-refractivity contribution in [2.24, 2.45) is 0 Å². The first-order valence-electron chi connectivity index (χ1n) is 6.27. The molecule has 8 heteroatoms. The van der Waals surface area contributed by atoms with Crippen molar-refractivity contribution in [2.45, 2.75) is 38.4 Å². The monoisotopic (exact) mass is 312 g/mol. The smallest absolute Gasteiger partial charge is 0.313 e. The van der Waals surface area contributed by atoms with Crippen molar-refractivity contribution in [1.82, 2.24) is 19.7 Å². The molecule has 0 saturated heterocycles. The molecule has 20 heavy (non-hydrogen) atoms.